The number of amides is 2. The Hall–Kier alpha value is -2.34. The zero-order valence-corrected chi connectivity index (χ0v) is 19.1. The molecule has 0 aliphatic carbocycles. The summed E-state index contributed by atoms with van der Waals surface area (Å²) in [6.07, 6.45) is 0.210. The summed E-state index contributed by atoms with van der Waals surface area (Å²) in [5, 5.41) is 0. The van der Waals surface area contributed by atoms with Crippen molar-refractivity contribution in [3.8, 4) is 0 Å². The number of hydrogen-bond acceptors (Lipinski definition) is 8. The van der Waals surface area contributed by atoms with Crippen molar-refractivity contribution in [1.29, 1.82) is 0 Å². The predicted molar refractivity (Wildman–Crippen MR) is 115 cm³/mol. The van der Waals surface area contributed by atoms with E-state index < -0.39 is 54.1 Å². The molecule has 0 spiro atoms. The van der Waals surface area contributed by atoms with Gasteiger partial charge in [0.1, 0.15) is 31.0 Å². The van der Waals surface area contributed by atoms with E-state index in [4.69, 9.17) is 28.4 Å². The van der Waals surface area contributed by atoms with Crippen LogP contribution in [0.2, 0.25) is 0 Å². The van der Waals surface area contributed by atoms with Crippen molar-refractivity contribution in [2.45, 2.75) is 70.0 Å². The number of carbonyl (C=O) groups is 2. The standard InChI is InChI=1S/C23H30N2O8/c1-22(2)29-12-15(31-22)18-19(20-21(30-18)33-23(3,4)32-20)28-13-17(27)25-24-16(26)11-10-14-8-6-5-7-9-14/h5-11,15,18-21H,12-13H2,1-4H3,(H,24,26)(H,25,27)/t15-,18+,19+,20+,21-/m1/s1. The SMILES string of the molecule is CC1(C)O[C@H]2O[C@@H]([C@H]3COC(C)(C)O3)[C@H](OCC(=O)NNC(=O)C=Cc3ccccc3)[C@@H]2O1. The summed E-state index contributed by atoms with van der Waals surface area (Å²) >= 11 is 0. The molecule has 5 atom stereocenters. The van der Waals surface area contributed by atoms with Crippen LogP contribution in [0.15, 0.2) is 36.4 Å². The number of hydrogen-bond donors (Lipinski definition) is 2. The number of rotatable bonds is 6. The van der Waals surface area contributed by atoms with Gasteiger partial charge in [0.15, 0.2) is 17.9 Å². The molecule has 0 aromatic heterocycles. The van der Waals surface area contributed by atoms with Crippen LogP contribution in [0.3, 0.4) is 0 Å². The van der Waals surface area contributed by atoms with E-state index in [1.165, 1.54) is 6.08 Å². The molecule has 10 heteroatoms. The second kappa shape index (κ2) is 9.49. The lowest BCUT2D eigenvalue weighted by atomic mass is 10.1. The molecular weight excluding hydrogens is 432 g/mol. The summed E-state index contributed by atoms with van der Waals surface area (Å²) in [5.41, 5.74) is 5.53. The molecule has 3 saturated heterocycles. The molecule has 180 valence electrons. The molecule has 3 aliphatic heterocycles. The van der Waals surface area contributed by atoms with Gasteiger partial charge in [-0.15, -0.1) is 0 Å². The fraction of sp³-hybridized carbons (Fsp3) is 0.565. The highest BCUT2D eigenvalue weighted by Crippen LogP contribution is 2.41. The third-order valence-electron chi connectivity index (χ3n) is 5.38. The number of nitrogens with one attached hydrogen (secondary N) is 2. The maximum atomic E-state index is 12.3. The Balaban J connectivity index is 1.30. The number of carbonyl (C=O) groups excluding carboxylic acids is 2. The van der Waals surface area contributed by atoms with Gasteiger partial charge >= 0.3 is 0 Å². The molecule has 0 saturated carbocycles. The van der Waals surface area contributed by atoms with Gasteiger partial charge in [-0.1, -0.05) is 30.3 Å². The Labute approximate surface area is 192 Å². The predicted octanol–water partition coefficient (Wildman–Crippen LogP) is 1.26. The van der Waals surface area contributed by atoms with E-state index in [9.17, 15) is 9.59 Å². The van der Waals surface area contributed by atoms with Crippen molar-refractivity contribution in [3.05, 3.63) is 42.0 Å². The van der Waals surface area contributed by atoms with Gasteiger partial charge in [-0.3, -0.25) is 20.4 Å². The summed E-state index contributed by atoms with van der Waals surface area (Å²) < 4.78 is 35.2. The lowest BCUT2D eigenvalue weighted by Crippen LogP contribution is -2.47. The minimum Gasteiger partial charge on any atom is -0.363 e. The van der Waals surface area contributed by atoms with Crippen molar-refractivity contribution in [2.75, 3.05) is 13.2 Å². The van der Waals surface area contributed by atoms with Crippen LogP contribution in [0.4, 0.5) is 0 Å². The van der Waals surface area contributed by atoms with Crippen LogP contribution < -0.4 is 10.9 Å². The molecule has 1 aromatic rings. The van der Waals surface area contributed by atoms with Gasteiger partial charge < -0.3 is 28.4 Å². The molecule has 3 heterocycles. The molecule has 2 N–H and O–H groups in total. The highest BCUT2D eigenvalue weighted by Gasteiger charge is 2.59. The average Bonchev–Trinajstić information content (AvgIpc) is 3.38. The van der Waals surface area contributed by atoms with Crippen LogP contribution >= 0.6 is 0 Å². The molecule has 0 bridgehead atoms. The number of benzene rings is 1. The summed E-state index contributed by atoms with van der Waals surface area (Å²) in [4.78, 5) is 24.2. The maximum Gasteiger partial charge on any atom is 0.264 e. The fourth-order valence-electron chi connectivity index (χ4n) is 3.99. The molecule has 0 unspecified atom stereocenters. The summed E-state index contributed by atoms with van der Waals surface area (Å²) in [6.45, 7) is 7.19. The first-order chi connectivity index (χ1) is 15.6. The van der Waals surface area contributed by atoms with E-state index in [0.717, 1.165) is 5.56 Å². The first-order valence-electron chi connectivity index (χ1n) is 10.9. The third kappa shape index (κ3) is 5.97. The smallest absolute Gasteiger partial charge is 0.264 e. The molecule has 10 nitrogen and oxygen atoms in total. The first-order valence-corrected chi connectivity index (χ1v) is 10.9. The summed E-state index contributed by atoms with van der Waals surface area (Å²) in [5.74, 6) is -2.58. The van der Waals surface area contributed by atoms with Gasteiger partial charge in [-0.05, 0) is 39.3 Å². The van der Waals surface area contributed by atoms with E-state index in [2.05, 4.69) is 10.9 Å². The first kappa shape index (κ1) is 23.8. The van der Waals surface area contributed by atoms with E-state index in [1.807, 2.05) is 44.2 Å². The summed E-state index contributed by atoms with van der Waals surface area (Å²) in [6, 6.07) is 9.34. The molecule has 3 fully saturated rings. The second-order valence-corrected chi connectivity index (χ2v) is 8.99. The maximum absolute atomic E-state index is 12.3. The van der Waals surface area contributed by atoms with Crippen LogP contribution in [-0.2, 0) is 38.0 Å². The molecule has 3 aliphatic rings. The van der Waals surface area contributed by atoms with Crippen molar-refractivity contribution in [1.82, 2.24) is 10.9 Å². The second-order valence-electron chi connectivity index (χ2n) is 8.99. The zero-order valence-electron chi connectivity index (χ0n) is 19.1. The molecule has 4 rings (SSSR count). The fourth-order valence-corrected chi connectivity index (χ4v) is 3.99. The van der Waals surface area contributed by atoms with E-state index >= 15 is 0 Å². The van der Waals surface area contributed by atoms with Crippen molar-refractivity contribution >= 4 is 17.9 Å². The minimum atomic E-state index is -0.838. The Morgan fingerprint density at radius 1 is 1.03 bits per heavy atom. The van der Waals surface area contributed by atoms with Gasteiger partial charge in [0.2, 0.25) is 0 Å². The molecule has 1 aromatic carbocycles. The normalized spacial score (nSPS) is 32.1. The highest BCUT2D eigenvalue weighted by atomic mass is 16.8. The lowest BCUT2D eigenvalue weighted by Gasteiger charge is -2.28. The molecule has 33 heavy (non-hydrogen) atoms. The topological polar surface area (TPSA) is 114 Å². The summed E-state index contributed by atoms with van der Waals surface area (Å²) in [7, 11) is 0. The monoisotopic (exact) mass is 462 g/mol. The minimum absolute atomic E-state index is 0.316. The van der Waals surface area contributed by atoms with Crippen molar-refractivity contribution < 1.29 is 38.0 Å². The van der Waals surface area contributed by atoms with Gasteiger partial charge in [0.25, 0.3) is 11.8 Å². The Kier molecular flexibility index (Phi) is 6.85. The van der Waals surface area contributed by atoms with Crippen molar-refractivity contribution in [3.63, 3.8) is 0 Å². The number of hydrazine groups is 1. The van der Waals surface area contributed by atoms with Crippen LogP contribution in [0.1, 0.15) is 33.3 Å². The van der Waals surface area contributed by atoms with Gasteiger partial charge in [0, 0.05) is 6.08 Å². The van der Waals surface area contributed by atoms with Crippen LogP contribution in [-0.4, -0.2) is 67.3 Å². The number of ether oxygens (including phenoxy) is 6. The molecular formula is C23H30N2O8. The lowest BCUT2D eigenvalue weighted by molar-refractivity contribution is -0.235. The zero-order chi connectivity index (χ0) is 23.6. The van der Waals surface area contributed by atoms with E-state index in [0.29, 0.717) is 6.61 Å². The van der Waals surface area contributed by atoms with Crippen LogP contribution in [0.25, 0.3) is 6.08 Å². The Bertz CT molecular complexity index is 888. The Morgan fingerprint density at radius 2 is 1.79 bits per heavy atom. The van der Waals surface area contributed by atoms with Crippen LogP contribution in [0, 0.1) is 0 Å². The van der Waals surface area contributed by atoms with E-state index in [1.54, 1.807) is 19.9 Å². The third-order valence-corrected chi connectivity index (χ3v) is 5.38. The largest absolute Gasteiger partial charge is 0.363 e. The van der Waals surface area contributed by atoms with Gasteiger partial charge in [-0.25, -0.2) is 0 Å². The van der Waals surface area contributed by atoms with E-state index in [-0.39, 0.29) is 6.61 Å². The van der Waals surface area contributed by atoms with Crippen LogP contribution in [0.5, 0.6) is 0 Å². The number of fused-ring (bicyclic) bond motifs is 1. The molecule has 2 amide bonds. The van der Waals surface area contributed by atoms with Gasteiger partial charge in [-0.2, -0.15) is 0 Å². The average molecular weight is 462 g/mol. The van der Waals surface area contributed by atoms with Crippen molar-refractivity contribution in [2.24, 2.45) is 0 Å². The quantitative estimate of drug-likeness (QED) is 0.480. The Morgan fingerprint density at radius 3 is 2.48 bits per heavy atom. The van der Waals surface area contributed by atoms with Gasteiger partial charge in [0.05, 0.1) is 6.61 Å². The highest BCUT2D eigenvalue weighted by molar-refractivity contribution is 5.93. The molecule has 0 radical (unpaired) electrons.